The molecular formula is C13H20N4O2. The molecule has 0 unspecified atom stereocenters. The molecule has 0 bridgehead atoms. The van der Waals surface area contributed by atoms with E-state index in [-0.39, 0.29) is 12.6 Å². The number of hydrogen-bond donors (Lipinski definition) is 3. The average Bonchev–Trinajstić information content (AvgIpc) is 2.40. The minimum atomic E-state index is -0.103. The van der Waals surface area contributed by atoms with Gasteiger partial charge >= 0.3 is 6.03 Å². The first kappa shape index (κ1) is 13.6. The normalized spacial score (nSPS) is 16.4. The van der Waals surface area contributed by atoms with Gasteiger partial charge in [-0.3, -0.25) is 4.90 Å². The van der Waals surface area contributed by atoms with Crippen LogP contribution in [0.3, 0.4) is 0 Å². The summed E-state index contributed by atoms with van der Waals surface area (Å²) in [5, 5.41) is 11.7. The van der Waals surface area contributed by atoms with Gasteiger partial charge in [-0.1, -0.05) is 6.07 Å². The highest BCUT2D eigenvalue weighted by atomic mass is 16.3. The van der Waals surface area contributed by atoms with E-state index in [9.17, 15) is 4.79 Å². The summed E-state index contributed by atoms with van der Waals surface area (Å²) in [5.74, 6) is 0. The van der Waals surface area contributed by atoms with Gasteiger partial charge < -0.3 is 21.1 Å². The summed E-state index contributed by atoms with van der Waals surface area (Å²) in [6.07, 6.45) is 0. The van der Waals surface area contributed by atoms with Gasteiger partial charge in [-0.25, -0.2) is 4.79 Å². The summed E-state index contributed by atoms with van der Waals surface area (Å²) in [4.78, 5) is 16.0. The maximum atomic E-state index is 12.0. The molecule has 2 rings (SSSR count). The number of nitrogens with zero attached hydrogens (tertiary/aromatic N) is 2. The molecule has 1 aliphatic rings. The number of carbonyl (C=O) groups excluding carboxylic acids is 1. The van der Waals surface area contributed by atoms with Crippen LogP contribution in [0, 0.1) is 0 Å². The van der Waals surface area contributed by atoms with Crippen LogP contribution < -0.4 is 11.1 Å². The molecule has 1 aromatic carbocycles. The Morgan fingerprint density at radius 3 is 2.68 bits per heavy atom. The van der Waals surface area contributed by atoms with Gasteiger partial charge in [0.1, 0.15) is 0 Å². The van der Waals surface area contributed by atoms with Crippen molar-refractivity contribution in [2.24, 2.45) is 0 Å². The van der Waals surface area contributed by atoms with E-state index in [0.717, 1.165) is 13.1 Å². The van der Waals surface area contributed by atoms with Crippen LogP contribution in [0.25, 0.3) is 0 Å². The van der Waals surface area contributed by atoms with Gasteiger partial charge in [0, 0.05) is 44.1 Å². The van der Waals surface area contributed by atoms with E-state index in [2.05, 4.69) is 10.2 Å². The van der Waals surface area contributed by atoms with E-state index < -0.39 is 0 Å². The molecule has 0 atom stereocenters. The molecule has 1 saturated heterocycles. The number of nitrogens with two attached hydrogens (primary N) is 1. The molecule has 0 aliphatic carbocycles. The zero-order valence-corrected chi connectivity index (χ0v) is 10.9. The van der Waals surface area contributed by atoms with Crippen molar-refractivity contribution in [2.75, 3.05) is 50.4 Å². The molecule has 1 aliphatic heterocycles. The van der Waals surface area contributed by atoms with Gasteiger partial charge in [0.2, 0.25) is 0 Å². The zero-order valence-electron chi connectivity index (χ0n) is 10.9. The van der Waals surface area contributed by atoms with Gasteiger partial charge in [-0.15, -0.1) is 0 Å². The van der Waals surface area contributed by atoms with E-state index in [4.69, 9.17) is 10.8 Å². The number of aliphatic hydroxyl groups is 1. The van der Waals surface area contributed by atoms with Crippen molar-refractivity contribution in [3.8, 4) is 0 Å². The topological polar surface area (TPSA) is 81.8 Å². The second kappa shape index (κ2) is 6.40. The Kier molecular flexibility index (Phi) is 4.59. The van der Waals surface area contributed by atoms with Crippen molar-refractivity contribution in [2.45, 2.75) is 0 Å². The minimum Gasteiger partial charge on any atom is -0.399 e. The monoisotopic (exact) mass is 264 g/mol. The number of β-amino-alcohol motifs (C(OH)–C–C–N with tert-alkyl or cyclic N) is 1. The lowest BCUT2D eigenvalue weighted by molar-refractivity contribution is 0.127. The number of aliphatic hydroxyl groups excluding tert-OH is 1. The van der Waals surface area contributed by atoms with Crippen LogP contribution in [-0.2, 0) is 0 Å². The summed E-state index contributed by atoms with van der Waals surface area (Å²) < 4.78 is 0. The third-order valence-electron chi connectivity index (χ3n) is 3.21. The van der Waals surface area contributed by atoms with Crippen molar-refractivity contribution in [1.29, 1.82) is 0 Å². The van der Waals surface area contributed by atoms with Crippen LogP contribution in [0.5, 0.6) is 0 Å². The Labute approximate surface area is 112 Å². The first-order chi connectivity index (χ1) is 9.19. The Hall–Kier alpha value is -1.79. The van der Waals surface area contributed by atoms with Gasteiger partial charge in [-0.05, 0) is 18.2 Å². The van der Waals surface area contributed by atoms with Gasteiger partial charge in [-0.2, -0.15) is 0 Å². The summed E-state index contributed by atoms with van der Waals surface area (Å²) in [7, 11) is 0. The maximum absolute atomic E-state index is 12.0. The van der Waals surface area contributed by atoms with Gasteiger partial charge in [0.25, 0.3) is 0 Å². The second-order valence-corrected chi connectivity index (χ2v) is 4.61. The number of nitrogens with one attached hydrogen (secondary N) is 1. The fourth-order valence-corrected chi connectivity index (χ4v) is 2.13. The number of amides is 2. The molecule has 0 spiro atoms. The molecular weight excluding hydrogens is 244 g/mol. The van der Waals surface area contributed by atoms with Crippen LogP contribution in [-0.4, -0.2) is 60.3 Å². The molecule has 6 nitrogen and oxygen atoms in total. The van der Waals surface area contributed by atoms with E-state index in [0.29, 0.717) is 31.0 Å². The lowest BCUT2D eigenvalue weighted by Crippen LogP contribution is -2.50. The van der Waals surface area contributed by atoms with Crippen LogP contribution in [0.4, 0.5) is 16.2 Å². The largest absolute Gasteiger partial charge is 0.399 e. The van der Waals surface area contributed by atoms with Gasteiger partial charge in [0.15, 0.2) is 0 Å². The van der Waals surface area contributed by atoms with Crippen molar-refractivity contribution >= 4 is 17.4 Å². The van der Waals surface area contributed by atoms with Crippen LogP contribution in [0.2, 0.25) is 0 Å². The number of carbonyl (C=O) groups is 1. The number of benzene rings is 1. The minimum absolute atomic E-state index is 0.103. The predicted octanol–water partition coefficient (Wildman–Crippen LogP) is 0.411. The van der Waals surface area contributed by atoms with Crippen molar-refractivity contribution in [1.82, 2.24) is 9.80 Å². The number of hydrogen-bond acceptors (Lipinski definition) is 4. The molecule has 1 heterocycles. The summed E-state index contributed by atoms with van der Waals surface area (Å²) in [5.41, 5.74) is 7.01. The highest BCUT2D eigenvalue weighted by Crippen LogP contribution is 2.13. The number of rotatable bonds is 3. The third kappa shape index (κ3) is 3.84. The zero-order chi connectivity index (χ0) is 13.7. The molecule has 104 valence electrons. The van der Waals surface area contributed by atoms with Crippen molar-refractivity contribution in [3.63, 3.8) is 0 Å². The first-order valence-electron chi connectivity index (χ1n) is 6.44. The lowest BCUT2D eigenvalue weighted by Gasteiger charge is -2.34. The highest BCUT2D eigenvalue weighted by Gasteiger charge is 2.20. The van der Waals surface area contributed by atoms with E-state index >= 15 is 0 Å². The molecule has 0 radical (unpaired) electrons. The molecule has 2 amide bonds. The van der Waals surface area contributed by atoms with E-state index in [1.165, 1.54) is 0 Å². The van der Waals surface area contributed by atoms with Crippen LogP contribution in [0.15, 0.2) is 24.3 Å². The van der Waals surface area contributed by atoms with Crippen molar-refractivity contribution < 1.29 is 9.90 Å². The van der Waals surface area contributed by atoms with E-state index in [1.807, 2.05) is 12.1 Å². The Morgan fingerprint density at radius 2 is 2.05 bits per heavy atom. The summed E-state index contributed by atoms with van der Waals surface area (Å²) in [6, 6.07) is 7.04. The van der Waals surface area contributed by atoms with E-state index in [1.54, 1.807) is 17.0 Å². The SMILES string of the molecule is Nc1cccc(NC(=O)N2CCN(CCO)CC2)c1. The van der Waals surface area contributed by atoms with Crippen molar-refractivity contribution in [3.05, 3.63) is 24.3 Å². The number of urea groups is 1. The maximum Gasteiger partial charge on any atom is 0.321 e. The third-order valence-corrected chi connectivity index (χ3v) is 3.21. The standard InChI is InChI=1S/C13H20N4O2/c14-11-2-1-3-12(10-11)15-13(19)17-6-4-16(5-7-17)8-9-18/h1-3,10,18H,4-9,14H2,(H,15,19). The molecule has 1 fully saturated rings. The average molecular weight is 264 g/mol. The quantitative estimate of drug-likeness (QED) is 0.691. The molecule has 0 aromatic heterocycles. The molecule has 6 heteroatoms. The number of anilines is 2. The molecule has 4 N–H and O–H groups in total. The molecule has 19 heavy (non-hydrogen) atoms. The summed E-state index contributed by atoms with van der Waals surface area (Å²) >= 11 is 0. The lowest BCUT2D eigenvalue weighted by atomic mass is 10.3. The van der Waals surface area contributed by atoms with Crippen LogP contribution >= 0.6 is 0 Å². The number of piperazine rings is 1. The smallest absolute Gasteiger partial charge is 0.321 e. The number of nitrogen functional groups attached to an aromatic ring is 1. The molecule has 1 aromatic rings. The van der Waals surface area contributed by atoms with Gasteiger partial charge in [0.05, 0.1) is 6.61 Å². The fraction of sp³-hybridized carbons (Fsp3) is 0.462. The van der Waals surface area contributed by atoms with Crippen LogP contribution in [0.1, 0.15) is 0 Å². The Morgan fingerprint density at radius 1 is 1.32 bits per heavy atom. The highest BCUT2D eigenvalue weighted by molar-refractivity contribution is 5.89. The Balaban J connectivity index is 1.84. The second-order valence-electron chi connectivity index (χ2n) is 4.61. The first-order valence-corrected chi connectivity index (χ1v) is 6.44. The summed E-state index contributed by atoms with van der Waals surface area (Å²) in [6.45, 7) is 3.78. The Bertz CT molecular complexity index is 430. The predicted molar refractivity (Wildman–Crippen MR) is 75.0 cm³/mol. The molecule has 0 saturated carbocycles. The fourth-order valence-electron chi connectivity index (χ4n) is 2.13.